The molecule has 1 saturated heterocycles. The summed E-state index contributed by atoms with van der Waals surface area (Å²) >= 11 is 0. The molecule has 143 valence electrons. The molecule has 1 radical (unpaired) electrons. The Labute approximate surface area is 161 Å². The maximum Gasteiger partial charge on any atom is 0.227 e. The van der Waals surface area contributed by atoms with E-state index in [1.165, 1.54) is 61.9 Å². The van der Waals surface area contributed by atoms with Crippen molar-refractivity contribution < 1.29 is 0 Å². The standard InChI is InChI=1S/C21H29N6/c1-26-18(15-8-3-2-4-9-15)14-22-20(26)24-19-16-10-7-11-17(16)23-21(25-19)27-12-5-6-13-27/h12,14-15H,2-11,13H2,1H3,(H,22,23,24,25). The lowest BCUT2D eigenvalue weighted by atomic mass is 9.87. The van der Waals surface area contributed by atoms with Crippen molar-refractivity contribution in [1.29, 1.82) is 0 Å². The van der Waals surface area contributed by atoms with Gasteiger partial charge in [-0.25, -0.2) is 9.97 Å². The fourth-order valence-electron chi connectivity index (χ4n) is 4.86. The van der Waals surface area contributed by atoms with Gasteiger partial charge >= 0.3 is 0 Å². The first-order chi connectivity index (χ1) is 13.3. The molecule has 2 aromatic rings. The van der Waals surface area contributed by atoms with E-state index in [0.717, 1.165) is 43.5 Å². The predicted molar refractivity (Wildman–Crippen MR) is 107 cm³/mol. The largest absolute Gasteiger partial charge is 0.336 e. The van der Waals surface area contributed by atoms with Gasteiger partial charge in [-0.1, -0.05) is 19.3 Å². The zero-order valence-corrected chi connectivity index (χ0v) is 16.2. The first kappa shape index (κ1) is 17.0. The van der Waals surface area contributed by atoms with Gasteiger partial charge < -0.3 is 14.8 Å². The van der Waals surface area contributed by atoms with Crippen molar-refractivity contribution in [1.82, 2.24) is 19.5 Å². The van der Waals surface area contributed by atoms with Crippen molar-refractivity contribution in [2.45, 2.75) is 70.1 Å². The summed E-state index contributed by atoms with van der Waals surface area (Å²) < 4.78 is 2.24. The van der Waals surface area contributed by atoms with Crippen molar-refractivity contribution in [2.24, 2.45) is 7.05 Å². The van der Waals surface area contributed by atoms with Gasteiger partial charge in [0.2, 0.25) is 11.9 Å². The quantitative estimate of drug-likeness (QED) is 0.878. The molecule has 1 aliphatic heterocycles. The average molecular weight is 366 g/mol. The molecule has 0 unspecified atom stereocenters. The molecule has 0 spiro atoms. The van der Waals surface area contributed by atoms with E-state index in [-0.39, 0.29) is 0 Å². The third kappa shape index (κ3) is 3.19. The monoisotopic (exact) mass is 365 g/mol. The minimum absolute atomic E-state index is 0.651. The predicted octanol–water partition coefficient (Wildman–Crippen LogP) is 4.25. The summed E-state index contributed by atoms with van der Waals surface area (Å²) in [7, 11) is 2.13. The van der Waals surface area contributed by atoms with E-state index in [4.69, 9.17) is 15.0 Å². The first-order valence-electron chi connectivity index (χ1n) is 10.6. The third-order valence-corrected chi connectivity index (χ3v) is 6.41. The van der Waals surface area contributed by atoms with Gasteiger partial charge in [0, 0.05) is 30.8 Å². The number of hydrogen-bond donors (Lipinski definition) is 1. The Hall–Kier alpha value is -2.11. The van der Waals surface area contributed by atoms with Crippen molar-refractivity contribution in [2.75, 3.05) is 16.8 Å². The first-order valence-corrected chi connectivity index (χ1v) is 10.6. The normalized spacial score (nSPS) is 20.3. The van der Waals surface area contributed by atoms with E-state index < -0.39 is 0 Å². The second kappa shape index (κ2) is 7.13. The van der Waals surface area contributed by atoms with E-state index >= 15 is 0 Å². The number of nitrogens with one attached hydrogen (secondary N) is 1. The van der Waals surface area contributed by atoms with Gasteiger partial charge in [-0.2, -0.15) is 4.98 Å². The third-order valence-electron chi connectivity index (χ3n) is 6.41. The molecule has 2 fully saturated rings. The van der Waals surface area contributed by atoms with Crippen molar-refractivity contribution in [3.63, 3.8) is 0 Å². The average Bonchev–Trinajstić information content (AvgIpc) is 3.44. The summed E-state index contributed by atoms with van der Waals surface area (Å²) in [6, 6.07) is 0. The molecule has 3 aliphatic rings. The number of fused-ring (bicyclic) bond motifs is 1. The molecular weight excluding hydrogens is 336 g/mol. The van der Waals surface area contributed by atoms with Crippen LogP contribution in [0.25, 0.3) is 0 Å². The Balaban J connectivity index is 1.44. The summed E-state index contributed by atoms with van der Waals surface area (Å²) in [4.78, 5) is 16.7. The number of rotatable bonds is 4. The molecule has 6 heteroatoms. The molecule has 0 atom stereocenters. The second-order valence-electron chi connectivity index (χ2n) is 8.19. The van der Waals surface area contributed by atoms with Crippen LogP contribution in [0.5, 0.6) is 0 Å². The molecule has 1 saturated carbocycles. The molecule has 3 heterocycles. The van der Waals surface area contributed by atoms with Gasteiger partial charge in [0.15, 0.2) is 0 Å². The van der Waals surface area contributed by atoms with Gasteiger partial charge in [0.25, 0.3) is 0 Å². The molecule has 0 amide bonds. The van der Waals surface area contributed by atoms with Crippen molar-refractivity contribution in [3.05, 3.63) is 29.7 Å². The van der Waals surface area contributed by atoms with E-state index in [9.17, 15) is 0 Å². The Morgan fingerprint density at radius 2 is 1.93 bits per heavy atom. The van der Waals surface area contributed by atoms with E-state index in [1.54, 1.807) is 0 Å². The van der Waals surface area contributed by atoms with Crippen molar-refractivity contribution >= 4 is 17.7 Å². The smallest absolute Gasteiger partial charge is 0.227 e. The SMILES string of the molecule is Cn1c(C2CCCCC2)cnc1Nc1nc(N2[CH]CCC2)nc2c1CCC2. The lowest BCUT2D eigenvalue weighted by Gasteiger charge is -2.22. The van der Waals surface area contributed by atoms with Crippen LogP contribution in [0, 0.1) is 6.54 Å². The summed E-state index contributed by atoms with van der Waals surface area (Å²) in [5, 5.41) is 3.56. The van der Waals surface area contributed by atoms with Crippen LogP contribution < -0.4 is 10.2 Å². The summed E-state index contributed by atoms with van der Waals surface area (Å²) in [5.41, 5.74) is 3.85. The van der Waals surface area contributed by atoms with Gasteiger partial charge in [-0.05, 0) is 44.9 Å². The molecule has 5 rings (SSSR count). The summed E-state index contributed by atoms with van der Waals surface area (Å²) in [6.07, 6.45) is 14.3. The maximum atomic E-state index is 4.90. The molecule has 27 heavy (non-hydrogen) atoms. The highest BCUT2D eigenvalue weighted by atomic mass is 15.3. The molecule has 0 aromatic carbocycles. The molecule has 1 N–H and O–H groups in total. The minimum atomic E-state index is 0.651. The molecular formula is C21H29N6. The highest BCUT2D eigenvalue weighted by Crippen LogP contribution is 2.35. The minimum Gasteiger partial charge on any atom is -0.336 e. The van der Waals surface area contributed by atoms with Crippen LogP contribution >= 0.6 is 0 Å². The fraction of sp³-hybridized carbons (Fsp3) is 0.619. The number of hydrogen-bond acceptors (Lipinski definition) is 5. The van der Waals surface area contributed by atoms with Gasteiger partial charge in [0.1, 0.15) is 5.82 Å². The van der Waals surface area contributed by atoms with E-state index in [2.05, 4.69) is 34.6 Å². The number of imidazole rings is 1. The number of nitrogens with zero attached hydrogens (tertiary/aromatic N) is 5. The number of aryl methyl sites for hydroxylation is 1. The van der Waals surface area contributed by atoms with Gasteiger partial charge in [0.05, 0.1) is 18.4 Å². The topological polar surface area (TPSA) is 58.9 Å². The maximum absolute atomic E-state index is 4.90. The zero-order valence-electron chi connectivity index (χ0n) is 16.2. The lowest BCUT2D eigenvalue weighted by Crippen LogP contribution is -2.19. The second-order valence-corrected chi connectivity index (χ2v) is 8.19. The number of aromatic nitrogens is 4. The molecule has 6 nitrogen and oxygen atoms in total. The fourth-order valence-corrected chi connectivity index (χ4v) is 4.86. The van der Waals surface area contributed by atoms with Crippen LogP contribution in [0.4, 0.5) is 17.7 Å². The van der Waals surface area contributed by atoms with Gasteiger partial charge in [-0.3, -0.25) is 0 Å². The Bertz CT molecular complexity index is 814. The number of anilines is 3. The van der Waals surface area contributed by atoms with Crippen LogP contribution in [-0.2, 0) is 19.9 Å². The van der Waals surface area contributed by atoms with Gasteiger partial charge in [-0.15, -0.1) is 0 Å². The van der Waals surface area contributed by atoms with Crippen LogP contribution in [0.3, 0.4) is 0 Å². The Morgan fingerprint density at radius 3 is 2.74 bits per heavy atom. The van der Waals surface area contributed by atoms with Crippen molar-refractivity contribution in [3.8, 4) is 0 Å². The lowest BCUT2D eigenvalue weighted by molar-refractivity contribution is 0.430. The van der Waals surface area contributed by atoms with Crippen LogP contribution in [0.15, 0.2) is 6.20 Å². The molecule has 2 aromatic heterocycles. The summed E-state index contributed by atoms with van der Waals surface area (Å²) in [6.45, 7) is 3.24. The highest BCUT2D eigenvalue weighted by molar-refractivity contribution is 5.59. The van der Waals surface area contributed by atoms with E-state index in [0.29, 0.717) is 5.92 Å². The Kier molecular flexibility index (Phi) is 4.50. The molecule has 0 bridgehead atoms. The van der Waals surface area contributed by atoms with Crippen LogP contribution in [0.2, 0.25) is 0 Å². The van der Waals surface area contributed by atoms with Crippen LogP contribution in [0.1, 0.15) is 74.2 Å². The highest BCUT2D eigenvalue weighted by Gasteiger charge is 2.25. The summed E-state index contributed by atoms with van der Waals surface area (Å²) in [5.74, 6) is 3.35. The Morgan fingerprint density at radius 1 is 1.04 bits per heavy atom. The molecule has 2 aliphatic carbocycles. The zero-order chi connectivity index (χ0) is 18.2. The van der Waals surface area contributed by atoms with E-state index in [1.807, 2.05) is 0 Å². The van der Waals surface area contributed by atoms with Crippen LogP contribution in [-0.4, -0.2) is 26.1 Å².